The van der Waals surface area contributed by atoms with Gasteiger partial charge in [0.25, 0.3) is 17.7 Å². The highest BCUT2D eigenvalue weighted by Gasteiger charge is 2.53. The van der Waals surface area contributed by atoms with Gasteiger partial charge in [-0.1, -0.05) is 12.1 Å². The van der Waals surface area contributed by atoms with E-state index in [4.69, 9.17) is 4.98 Å². The molecule has 0 bridgehead atoms. The van der Waals surface area contributed by atoms with Gasteiger partial charge >= 0.3 is 6.18 Å². The summed E-state index contributed by atoms with van der Waals surface area (Å²) in [6, 6.07) is 11.3. The molecule has 320 valence electrons. The Hall–Kier alpha value is -5.26. The van der Waals surface area contributed by atoms with E-state index in [0.29, 0.717) is 40.7 Å². The molecule has 1 spiro atoms. The molecule has 2 aliphatic carbocycles. The number of imide groups is 2. The molecule has 1 unspecified atom stereocenters. The number of anilines is 2. The first-order chi connectivity index (χ1) is 29.0. The molecule has 0 radical (unpaired) electrons. The molecule has 2 saturated carbocycles. The second kappa shape index (κ2) is 15.3. The zero-order valence-corrected chi connectivity index (χ0v) is 34.5. The van der Waals surface area contributed by atoms with Crippen molar-refractivity contribution in [2.45, 2.75) is 101 Å². The third-order valence-electron chi connectivity index (χ3n) is 13.1. The lowest BCUT2D eigenvalue weighted by molar-refractivity contribution is -0.141. The van der Waals surface area contributed by atoms with Crippen molar-refractivity contribution in [1.29, 1.82) is 0 Å². The summed E-state index contributed by atoms with van der Waals surface area (Å²) >= 11 is 1.54. The van der Waals surface area contributed by atoms with Crippen LogP contribution in [-0.4, -0.2) is 86.1 Å². The molecule has 5 heterocycles. The van der Waals surface area contributed by atoms with E-state index in [9.17, 15) is 42.3 Å². The van der Waals surface area contributed by atoms with Crippen LogP contribution >= 0.6 is 11.3 Å². The number of pyridine rings is 1. The van der Waals surface area contributed by atoms with Crippen LogP contribution < -0.4 is 16.0 Å². The van der Waals surface area contributed by atoms with Crippen molar-refractivity contribution in [3.63, 3.8) is 0 Å². The number of amides is 5. The standard InChI is InChI=1S/C44H46F3N7O6S/c1-42(2,60)27-17-31-33(18-30(27)50-37(56)29-7-4-8-34(49-29)44(45,46)47)61-39(51-31)24-9-11-25(12-10-24)53-21-43(22-53)19-23(20-43)15-16-48-28-6-3-5-26-36(28)41(59)54(40(26)58)32-13-14-35(55)52-38(32)57/h3-8,17-18,23-25,32,48,60H,9-16,19-22H2,1-2H3,(H,50,56)(H,52,55,57)/t24-,25+,32?. The number of nitrogens with zero attached hydrogens (tertiary/aromatic N) is 4. The minimum Gasteiger partial charge on any atom is -0.386 e. The molecule has 2 aromatic carbocycles. The molecular weight excluding hydrogens is 812 g/mol. The lowest BCUT2D eigenvalue weighted by Crippen LogP contribution is -2.65. The van der Waals surface area contributed by atoms with Gasteiger partial charge in [0, 0.05) is 55.0 Å². The number of aliphatic hydroxyl groups is 1. The maximum absolute atomic E-state index is 13.4. The predicted molar refractivity (Wildman–Crippen MR) is 220 cm³/mol. The summed E-state index contributed by atoms with van der Waals surface area (Å²) in [5, 5.41) is 20.3. The summed E-state index contributed by atoms with van der Waals surface area (Å²) in [4.78, 5) is 75.9. The molecule has 4 aromatic rings. The second-order valence-corrected chi connectivity index (χ2v) is 19.0. The summed E-state index contributed by atoms with van der Waals surface area (Å²) < 4.78 is 40.6. The van der Waals surface area contributed by atoms with E-state index in [0.717, 1.165) is 84.8 Å². The van der Waals surface area contributed by atoms with Crippen molar-refractivity contribution < 1.29 is 42.3 Å². The van der Waals surface area contributed by atoms with Crippen molar-refractivity contribution >= 4 is 62.5 Å². The number of fused-ring (bicyclic) bond motifs is 2. The number of hydrogen-bond donors (Lipinski definition) is 4. The number of nitrogens with one attached hydrogen (secondary N) is 3. The van der Waals surface area contributed by atoms with Gasteiger partial charge in [0.15, 0.2) is 0 Å². The molecule has 5 aliphatic rings. The molecule has 13 nitrogen and oxygen atoms in total. The van der Waals surface area contributed by atoms with Crippen LogP contribution in [0.15, 0.2) is 48.5 Å². The van der Waals surface area contributed by atoms with Gasteiger partial charge in [-0.2, -0.15) is 13.2 Å². The molecule has 9 rings (SSSR count). The average Bonchev–Trinajstić information content (AvgIpc) is 3.71. The minimum atomic E-state index is -4.69. The fourth-order valence-electron chi connectivity index (χ4n) is 10.1. The number of hydrogen-bond acceptors (Lipinski definition) is 11. The first-order valence-electron chi connectivity index (χ1n) is 20.8. The minimum absolute atomic E-state index is 0.0727. The third kappa shape index (κ3) is 7.80. The van der Waals surface area contributed by atoms with Gasteiger partial charge < -0.3 is 15.7 Å². The molecule has 4 fully saturated rings. The van der Waals surface area contributed by atoms with Crippen LogP contribution in [0.1, 0.15) is 125 Å². The van der Waals surface area contributed by atoms with Gasteiger partial charge in [-0.15, -0.1) is 11.3 Å². The summed E-state index contributed by atoms with van der Waals surface area (Å²) in [6.07, 6.45) is 2.86. The first-order valence-corrected chi connectivity index (χ1v) is 21.6. The van der Waals surface area contributed by atoms with Gasteiger partial charge in [-0.25, -0.2) is 9.97 Å². The van der Waals surface area contributed by atoms with Crippen LogP contribution in [0.3, 0.4) is 0 Å². The van der Waals surface area contributed by atoms with E-state index >= 15 is 0 Å². The molecule has 1 atom stereocenters. The Kier molecular flexibility index (Phi) is 10.3. The molecule has 61 heavy (non-hydrogen) atoms. The Labute approximate surface area is 353 Å². The van der Waals surface area contributed by atoms with Crippen LogP contribution in [0.25, 0.3) is 10.2 Å². The number of halogens is 3. The fraction of sp³-hybridized carbons (Fsp3) is 0.477. The third-order valence-corrected chi connectivity index (χ3v) is 14.3. The quantitative estimate of drug-likeness (QED) is 0.124. The Morgan fingerprint density at radius 2 is 1.69 bits per heavy atom. The van der Waals surface area contributed by atoms with Crippen LogP contribution in [0, 0.1) is 11.3 Å². The van der Waals surface area contributed by atoms with Crippen LogP contribution in [0.4, 0.5) is 24.5 Å². The van der Waals surface area contributed by atoms with Crippen molar-refractivity contribution in [2.24, 2.45) is 11.3 Å². The van der Waals surface area contributed by atoms with Gasteiger partial charge in [0.1, 0.15) is 17.4 Å². The Bertz CT molecular complexity index is 2460. The van der Waals surface area contributed by atoms with Gasteiger partial charge in [0.05, 0.1) is 32.0 Å². The highest BCUT2D eigenvalue weighted by molar-refractivity contribution is 7.18. The Morgan fingerprint density at radius 1 is 0.951 bits per heavy atom. The fourth-order valence-corrected chi connectivity index (χ4v) is 11.3. The number of likely N-dealkylation sites (tertiary alicyclic amines) is 1. The normalized spacial score (nSPS) is 23.2. The molecule has 3 aliphatic heterocycles. The zero-order valence-electron chi connectivity index (χ0n) is 33.7. The van der Waals surface area contributed by atoms with E-state index in [2.05, 4.69) is 25.8 Å². The molecule has 2 aromatic heterocycles. The molecular formula is C44H46F3N7O6S. The number of thiazole rings is 1. The van der Waals surface area contributed by atoms with Crippen LogP contribution in [0.2, 0.25) is 0 Å². The van der Waals surface area contributed by atoms with E-state index in [1.165, 1.54) is 17.4 Å². The average molecular weight is 858 g/mol. The number of rotatable bonds is 10. The van der Waals surface area contributed by atoms with Crippen molar-refractivity contribution in [3.05, 3.63) is 81.6 Å². The van der Waals surface area contributed by atoms with Crippen LogP contribution in [-0.2, 0) is 21.4 Å². The molecule has 17 heteroatoms. The molecule has 5 amide bonds. The van der Waals surface area contributed by atoms with E-state index in [-0.39, 0.29) is 41.3 Å². The summed E-state index contributed by atoms with van der Waals surface area (Å²) in [6.45, 7) is 6.00. The lowest BCUT2D eigenvalue weighted by atomic mass is 9.56. The SMILES string of the molecule is CC(C)(O)c1cc2nc([C@H]3CC[C@@H](N4CC5(CC(CCNc6cccc7c6C(=O)N(C6CCC(=O)NC6=O)C7=O)C5)C4)CC3)sc2cc1NC(=O)c1cccc(C(F)(F)F)n1. The number of piperidine rings is 1. The summed E-state index contributed by atoms with van der Waals surface area (Å²) in [5.41, 5.74) is -0.0469. The molecule has 4 N–H and O–H groups in total. The predicted octanol–water partition coefficient (Wildman–Crippen LogP) is 6.83. The number of carbonyl (C=O) groups is 5. The van der Waals surface area contributed by atoms with Crippen molar-refractivity contribution in [3.8, 4) is 0 Å². The summed E-state index contributed by atoms with van der Waals surface area (Å²) in [5.74, 6) is -2.02. The number of carbonyl (C=O) groups excluding carboxylic acids is 5. The lowest BCUT2D eigenvalue weighted by Gasteiger charge is -2.62. The van der Waals surface area contributed by atoms with Crippen molar-refractivity contribution in [1.82, 2.24) is 25.1 Å². The Balaban J connectivity index is 0.755. The van der Waals surface area contributed by atoms with Gasteiger partial charge in [-0.3, -0.25) is 39.1 Å². The highest BCUT2D eigenvalue weighted by Crippen LogP contribution is 2.55. The zero-order chi connectivity index (χ0) is 43.0. The largest absolute Gasteiger partial charge is 0.433 e. The van der Waals surface area contributed by atoms with Gasteiger partial charge in [-0.05, 0) is 113 Å². The van der Waals surface area contributed by atoms with Gasteiger partial charge in [0.2, 0.25) is 11.8 Å². The second-order valence-electron chi connectivity index (χ2n) is 17.9. The number of benzene rings is 2. The van der Waals surface area contributed by atoms with Crippen molar-refractivity contribution in [2.75, 3.05) is 30.3 Å². The van der Waals surface area contributed by atoms with E-state index in [1.54, 1.807) is 44.2 Å². The van der Waals surface area contributed by atoms with E-state index in [1.807, 2.05) is 0 Å². The summed E-state index contributed by atoms with van der Waals surface area (Å²) in [7, 11) is 0. The Morgan fingerprint density at radius 3 is 2.39 bits per heavy atom. The van der Waals surface area contributed by atoms with Crippen LogP contribution in [0.5, 0.6) is 0 Å². The topological polar surface area (TPSA) is 174 Å². The maximum Gasteiger partial charge on any atom is 0.433 e. The molecule has 2 saturated heterocycles. The highest BCUT2D eigenvalue weighted by atomic mass is 32.1. The number of alkyl halides is 3. The maximum atomic E-state index is 13.4. The van der Waals surface area contributed by atoms with E-state index < -0.39 is 53.0 Å². The first kappa shape index (κ1) is 41.1. The number of aromatic nitrogens is 2. The smallest absolute Gasteiger partial charge is 0.386 e. The monoisotopic (exact) mass is 857 g/mol.